The van der Waals surface area contributed by atoms with E-state index in [0.29, 0.717) is 5.69 Å². The van der Waals surface area contributed by atoms with E-state index in [9.17, 15) is 13.6 Å². The Bertz CT molecular complexity index is 692. The molecule has 1 aromatic heterocycles. The average Bonchev–Trinajstić information content (AvgIpc) is 3.21. The van der Waals surface area contributed by atoms with E-state index in [1.54, 1.807) is 6.92 Å². The molecule has 0 unspecified atom stereocenters. The minimum Gasteiger partial charge on any atom is -0.460 e. The molecule has 0 saturated heterocycles. The molecule has 1 aliphatic carbocycles. The lowest BCUT2D eigenvalue weighted by Crippen LogP contribution is -2.05. The van der Waals surface area contributed by atoms with Crippen LogP contribution in [0.5, 0.6) is 0 Å². The summed E-state index contributed by atoms with van der Waals surface area (Å²) in [5.41, 5.74) is 0.361. The molecule has 110 valence electrons. The van der Waals surface area contributed by atoms with Gasteiger partial charge in [-0.3, -0.25) is 0 Å². The molecule has 0 radical (unpaired) electrons. The minimum absolute atomic E-state index is 0.0157. The number of carbonyl (C=O) groups excluding carboxylic acids is 1. The van der Waals surface area contributed by atoms with Crippen LogP contribution in [0.1, 0.15) is 41.9 Å². The van der Waals surface area contributed by atoms with Gasteiger partial charge in [0.2, 0.25) is 11.7 Å². The Morgan fingerprint density at radius 2 is 2.19 bits per heavy atom. The second-order valence-electron chi connectivity index (χ2n) is 4.85. The van der Waals surface area contributed by atoms with Crippen molar-refractivity contribution in [1.82, 2.24) is 4.98 Å². The summed E-state index contributed by atoms with van der Waals surface area (Å²) in [6.07, 6.45) is 1.79. The molecule has 6 heteroatoms. The molecule has 1 fully saturated rings. The first-order valence-corrected chi connectivity index (χ1v) is 6.73. The van der Waals surface area contributed by atoms with E-state index in [1.807, 2.05) is 0 Å². The van der Waals surface area contributed by atoms with Crippen molar-refractivity contribution in [2.75, 3.05) is 6.61 Å². The maximum absolute atomic E-state index is 13.8. The zero-order valence-electron chi connectivity index (χ0n) is 11.4. The third-order valence-corrected chi connectivity index (χ3v) is 3.24. The number of carbonyl (C=O) groups is 1. The topological polar surface area (TPSA) is 52.3 Å². The highest BCUT2D eigenvalue weighted by Crippen LogP contribution is 2.42. The lowest BCUT2D eigenvalue weighted by molar-refractivity contribution is 0.0489. The normalized spacial score (nSPS) is 14.2. The third kappa shape index (κ3) is 2.66. The molecule has 1 aliphatic rings. The molecule has 1 aromatic carbocycles. The van der Waals surface area contributed by atoms with Crippen molar-refractivity contribution in [1.29, 1.82) is 0 Å². The van der Waals surface area contributed by atoms with Gasteiger partial charge in [-0.2, -0.15) is 0 Å². The van der Waals surface area contributed by atoms with Crippen molar-refractivity contribution >= 4 is 5.97 Å². The van der Waals surface area contributed by atoms with Crippen LogP contribution in [-0.2, 0) is 4.74 Å². The predicted molar refractivity (Wildman–Crippen MR) is 69.8 cm³/mol. The fraction of sp³-hybridized carbons (Fsp3) is 0.333. The largest absolute Gasteiger partial charge is 0.460 e. The maximum atomic E-state index is 13.8. The van der Waals surface area contributed by atoms with Gasteiger partial charge in [0.1, 0.15) is 11.6 Å². The summed E-state index contributed by atoms with van der Waals surface area (Å²) in [7, 11) is 0. The highest BCUT2D eigenvalue weighted by atomic mass is 19.1. The number of rotatable bonds is 4. The SMILES string of the molecule is CCOC(=O)c1oc(-c2cc(F)ccc2F)nc1C1CC1. The fourth-order valence-corrected chi connectivity index (χ4v) is 2.08. The highest BCUT2D eigenvalue weighted by molar-refractivity contribution is 5.88. The van der Waals surface area contributed by atoms with E-state index < -0.39 is 17.6 Å². The number of aromatic nitrogens is 1. The Labute approximate surface area is 119 Å². The summed E-state index contributed by atoms with van der Waals surface area (Å²) in [5, 5.41) is 0. The van der Waals surface area contributed by atoms with E-state index in [2.05, 4.69) is 4.98 Å². The second kappa shape index (κ2) is 5.27. The molecule has 4 nitrogen and oxygen atoms in total. The monoisotopic (exact) mass is 293 g/mol. The summed E-state index contributed by atoms with van der Waals surface area (Å²) in [6, 6.07) is 3.00. The lowest BCUT2D eigenvalue weighted by Gasteiger charge is -1.99. The maximum Gasteiger partial charge on any atom is 0.376 e. The molecule has 3 rings (SSSR count). The van der Waals surface area contributed by atoms with Gasteiger partial charge < -0.3 is 9.15 Å². The summed E-state index contributed by atoms with van der Waals surface area (Å²) >= 11 is 0. The second-order valence-corrected chi connectivity index (χ2v) is 4.85. The van der Waals surface area contributed by atoms with Crippen LogP contribution < -0.4 is 0 Å². The first-order chi connectivity index (χ1) is 10.1. The Balaban J connectivity index is 2.05. The number of hydrogen-bond donors (Lipinski definition) is 0. The van der Waals surface area contributed by atoms with Crippen LogP contribution in [0.3, 0.4) is 0 Å². The van der Waals surface area contributed by atoms with E-state index in [0.717, 1.165) is 31.0 Å². The summed E-state index contributed by atoms with van der Waals surface area (Å²) < 4.78 is 37.3. The van der Waals surface area contributed by atoms with Gasteiger partial charge in [0.25, 0.3) is 0 Å². The van der Waals surface area contributed by atoms with Gasteiger partial charge in [0, 0.05) is 5.92 Å². The zero-order valence-corrected chi connectivity index (χ0v) is 11.4. The molecule has 2 aromatic rings. The molecule has 0 aliphatic heterocycles. The molecular formula is C15H13F2NO3. The number of ether oxygens (including phenoxy) is 1. The minimum atomic E-state index is -0.657. The Hall–Kier alpha value is -2.24. The Morgan fingerprint density at radius 1 is 1.43 bits per heavy atom. The van der Waals surface area contributed by atoms with Gasteiger partial charge >= 0.3 is 5.97 Å². The highest BCUT2D eigenvalue weighted by Gasteiger charge is 2.34. The summed E-state index contributed by atoms with van der Waals surface area (Å²) in [5.74, 6) is -1.88. The molecule has 1 heterocycles. The van der Waals surface area contributed by atoms with Crippen molar-refractivity contribution in [3.63, 3.8) is 0 Å². The number of esters is 1. The molecule has 0 spiro atoms. The number of oxazole rings is 1. The van der Waals surface area contributed by atoms with E-state index in [-0.39, 0.29) is 29.7 Å². The molecule has 0 atom stereocenters. The van der Waals surface area contributed by atoms with Crippen molar-refractivity contribution in [3.8, 4) is 11.5 Å². The van der Waals surface area contributed by atoms with Crippen LogP contribution in [0.15, 0.2) is 22.6 Å². The van der Waals surface area contributed by atoms with Gasteiger partial charge in [-0.05, 0) is 38.0 Å². The Kier molecular flexibility index (Phi) is 3.45. The van der Waals surface area contributed by atoms with Crippen LogP contribution in [0.4, 0.5) is 8.78 Å². The number of hydrogen-bond acceptors (Lipinski definition) is 4. The van der Waals surface area contributed by atoms with Gasteiger partial charge in [-0.15, -0.1) is 0 Å². The molecular weight excluding hydrogens is 280 g/mol. The quantitative estimate of drug-likeness (QED) is 0.807. The molecule has 0 bridgehead atoms. The number of nitrogens with zero attached hydrogens (tertiary/aromatic N) is 1. The Morgan fingerprint density at radius 3 is 2.86 bits per heavy atom. The average molecular weight is 293 g/mol. The van der Waals surface area contributed by atoms with Crippen LogP contribution >= 0.6 is 0 Å². The van der Waals surface area contributed by atoms with Crippen LogP contribution in [-0.4, -0.2) is 17.6 Å². The van der Waals surface area contributed by atoms with Gasteiger partial charge in [0.15, 0.2) is 0 Å². The molecule has 0 amide bonds. The van der Waals surface area contributed by atoms with E-state index in [4.69, 9.17) is 9.15 Å². The standard InChI is InChI=1S/C15H13F2NO3/c1-2-20-15(19)13-12(8-3-4-8)18-14(21-13)10-7-9(16)5-6-11(10)17/h5-8H,2-4H2,1H3. The van der Waals surface area contributed by atoms with Crippen molar-refractivity contribution in [3.05, 3.63) is 41.3 Å². The number of benzene rings is 1. The third-order valence-electron chi connectivity index (χ3n) is 3.24. The predicted octanol–water partition coefficient (Wildman–Crippen LogP) is 3.67. The number of halogens is 2. The molecule has 1 saturated carbocycles. The van der Waals surface area contributed by atoms with E-state index in [1.165, 1.54) is 0 Å². The smallest absolute Gasteiger partial charge is 0.376 e. The van der Waals surface area contributed by atoms with Crippen molar-refractivity contribution in [2.24, 2.45) is 0 Å². The van der Waals surface area contributed by atoms with Gasteiger partial charge in [-0.25, -0.2) is 18.6 Å². The first-order valence-electron chi connectivity index (χ1n) is 6.73. The zero-order chi connectivity index (χ0) is 15.0. The van der Waals surface area contributed by atoms with E-state index >= 15 is 0 Å². The van der Waals surface area contributed by atoms with Crippen LogP contribution in [0.2, 0.25) is 0 Å². The molecule has 21 heavy (non-hydrogen) atoms. The van der Waals surface area contributed by atoms with Crippen molar-refractivity contribution in [2.45, 2.75) is 25.7 Å². The van der Waals surface area contributed by atoms with Crippen LogP contribution in [0, 0.1) is 11.6 Å². The van der Waals surface area contributed by atoms with Crippen LogP contribution in [0.25, 0.3) is 11.5 Å². The van der Waals surface area contributed by atoms with Gasteiger partial charge in [-0.1, -0.05) is 0 Å². The summed E-state index contributed by atoms with van der Waals surface area (Å²) in [4.78, 5) is 16.0. The van der Waals surface area contributed by atoms with Crippen molar-refractivity contribution < 1.29 is 22.7 Å². The first kappa shape index (κ1) is 13.7. The molecule has 0 N–H and O–H groups in total. The fourth-order valence-electron chi connectivity index (χ4n) is 2.08. The lowest BCUT2D eigenvalue weighted by atomic mass is 10.2. The summed E-state index contributed by atoms with van der Waals surface area (Å²) in [6.45, 7) is 1.88. The van der Waals surface area contributed by atoms with Gasteiger partial charge in [0.05, 0.1) is 17.9 Å².